The summed E-state index contributed by atoms with van der Waals surface area (Å²) in [6, 6.07) is 7.54. The molecule has 1 aromatic heterocycles. The topological polar surface area (TPSA) is 62.6 Å². The highest BCUT2D eigenvalue weighted by Gasteiger charge is 2.27. The van der Waals surface area contributed by atoms with Gasteiger partial charge in [-0.1, -0.05) is 44.9 Å². The summed E-state index contributed by atoms with van der Waals surface area (Å²) in [5.74, 6) is -0.849. The fourth-order valence-corrected chi connectivity index (χ4v) is 4.22. The zero-order valence-corrected chi connectivity index (χ0v) is 18.9. The molecule has 3 rings (SSSR count). The highest BCUT2D eigenvalue weighted by molar-refractivity contribution is 6.44. The van der Waals surface area contributed by atoms with Crippen LogP contribution in [0.2, 0.25) is 0 Å². The Bertz CT molecular complexity index is 904. The number of benzene rings is 1. The molecule has 0 N–H and O–H groups in total. The Morgan fingerprint density at radius 1 is 0.935 bits per heavy atom. The monoisotopic (exact) mass is 425 g/mol. The Kier molecular flexibility index (Phi) is 8.27. The van der Waals surface area contributed by atoms with Gasteiger partial charge in [0.2, 0.25) is 5.91 Å². The third-order valence-corrected chi connectivity index (χ3v) is 6.09. The molecule has 0 radical (unpaired) electrons. The Morgan fingerprint density at radius 2 is 1.58 bits per heavy atom. The fourth-order valence-electron chi connectivity index (χ4n) is 4.22. The number of rotatable bonds is 10. The van der Waals surface area contributed by atoms with Gasteiger partial charge in [0.05, 0.1) is 5.56 Å². The summed E-state index contributed by atoms with van der Waals surface area (Å²) in [4.78, 5) is 42.7. The van der Waals surface area contributed by atoms with Gasteiger partial charge in [0.1, 0.15) is 6.54 Å². The molecule has 2 amide bonds. The van der Waals surface area contributed by atoms with Crippen molar-refractivity contribution in [2.24, 2.45) is 0 Å². The molecule has 0 saturated carbocycles. The van der Waals surface area contributed by atoms with Crippen LogP contribution in [0.15, 0.2) is 30.5 Å². The van der Waals surface area contributed by atoms with Crippen LogP contribution in [0.5, 0.6) is 0 Å². The average Bonchev–Trinajstić information content (AvgIpc) is 3.17. The SMILES string of the molecule is CCCCN(CCCC)C(=O)C(=O)c1cn(CC(=O)N2CCCCC2)c2ccccc12. The molecule has 1 saturated heterocycles. The summed E-state index contributed by atoms with van der Waals surface area (Å²) >= 11 is 0. The number of hydrogen-bond donors (Lipinski definition) is 0. The maximum Gasteiger partial charge on any atom is 0.295 e. The van der Waals surface area contributed by atoms with E-state index in [1.807, 2.05) is 33.7 Å². The van der Waals surface area contributed by atoms with Gasteiger partial charge in [0.15, 0.2) is 0 Å². The van der Waals surface area contributed by atoms with E-state index in [0.29, 0.717) is 18.7 Å². The Morgan fingerprint density at radius 3 is 2.23 bits per heavy atom. The van der Waals surface area contributed by atoms with Crippen LogP contribution in [0.1, 0.15) is 69.2 Å². The molecule has 0 bridgehead atoms. The molecule has 2 aromatic rings. The van der Waals surface area contributed by atoms with Crippen LogP contribution in [0.4, 0.5) is 0 Å². The lowest BCUT2D eigenvalue weighted by molar-refractivity contribution is -0.132. The number of likely N-dealkylation sites (tertiary alicyclic amines) is 1. The van der Waals surface area contributed by atoms with Crippen LogP contribution >= 0.6 is 0 Å². The van der Waals surface area contributed by atoms with E-state index in [9.17, 15) is 14.4 Å². The maximum absolute atomic E-state index is 13.2. The quantitative estimate of drug-likeness (QED) is 0.422. The van der Waals surface area contributed by atoms with E-state index in [4.69, 9.17) is 0 Å². The molecule has 1 aromatic carbocycles. The lowest BCUT2D eigenvalue weighted by Gasteiger charge is -2.27. The number of nitrogens with zero attached hydrogens (tertiary/aromatic N) is 3. The standard InChI is InChI=1S/C25H35N3O3/c1-3-5-14-27(15-6-4-2)25(31)24(30)21-18-28(22-13-9-8-12-20(21)22)19-23(29)26-16-10-7-11-17-26/h8-9,12-13,18H,3-7,10-11,14-17,19H2,1-2H3. The molecule has 0 spiro atoms. The molecular weight excluding hydrogens is 390 g/mol. The number of ketones is 1. The van der Waals surface area contributed by atoms with Gasteiger partial charge in [0.25, 0.3) is 11.7 Å². The van der Waals surface area contributed by atoms with E-state index in [1.165, 1.54) is 6.42 Å². The van der Waals surface area contributed by atoms with Crippen molar-refractivity contribution < 1.29 is 14.4 Å². The number of aromatic nitrogens is 1. The van der Waals surface area contributed by atoms with Crippen LogP contribution in [-0.2, 0) is 16.1 Å². The number of unbranched alkanes of at least 4 members (excludes halogenated alkanes) is 2. The van der Waals surface area contributed by atoms with Gasteiger partial charge in [-0.3, -0.25) is 14.4 Å². The van der Waals surface area contributed by atoms with Crippen molar-refractivity contribution in [3.05, 3.63) is 36.0 Å². The number of carbonyl (C=O) groups excluding carboxylic acids is 3. The molecule has 31 heavy (non-hydrogen) atoms. The number of piperidine rings is 1. The number of carbonyl (C=O) groups is 3. The van der Waals surface area contributed by atoms with Crippen LogP contribution in [0.3, 0.4) is 0 Å². The van der Waals surface area contributed by atoms with E-state index in [2.05, 4.69) is 13.8 Å². The second kappa shape index (κ2) is 11.1. The van der Waals surface area contributed by atoms with Gasteiger partial charge in [-0.2, -0.15) is 0 Å². The molecule has 2 heterocycles. The van der Waals surface area contributed by atoms with Gasteiger partial charge in [0, 0.05) is 43.3 Å². The molecule has 1 aliphatic rings. The first-order valence-corrected chi connectivity index (χ1v) is 11.8. The van der Waals surface area contributed by atoms with Gasteiger partial charge >= 0.3 is 0 Å². The summed E-state index contributed by atoms with van der Waals surface area (Å²) in [5, 5.41) is 0.734. The van der Waals surface area contributed by atoms with Crippen molar-refractivity contribution >= 4 is 28.5 Å². The molecule has 1 fully saturated rings. The lowest BCUT2D eigenvalue weighted by Crippen LogP contribution is -2.38. The van der Waals surface area contributed by atoms with Crippen LogP contribution < -0.4 is 0 Å². The van der Waals surface area contributed by atoms with Crippen molar-refractivity contribution in [1.82, 2.24) is 14.4 Å². The van der Waals surface area contributed by atoms with Crippen molar-refractivity contribution in [1.29, 1.82) is 0 Å². The number of hydrogen-bond acceptors (Lipinski definition) is 3. The normalized spacial score (nSPS) is 14.1. The number of para-hydroxylation sites is 1. The second-order valence-corrected chi connectivity index (χ2v) is 8.46. The van der Waals surface area contributed by atoms with Gasteiger partial charge in [-0.15, -0.1) is 0 Å². The minimum Gasteiger partial charge on any atom is -0.341 e. The van der Waals surface area contributed by atoms with Crippen molar-refractivity contribution in [3.8, 4) is 0 Å². The minimum absolute atomic E-state index is 0.0679. The molecule has 0 aliphatic carbocycles. The molecule has 1 aliphatic heterocycles. The molecule has 6 heteroatoms. The van der Waals surface area contributed by atoms with E-state index in [0.717, 1.165) is 62.5 Å². The van der Waals surface area contributed by atoms with Crippen LogP contribution in [0, 0.1) is 0 Å². The Balaban J connectivity index is 1.84. The van der Waals surface area contributed by atoms with Crippen molar-refractivity contribution in [2.75, 3.05) is 26.2 Å². The van der Waals surface area contributed by atoms with Gasteiger partial charge < -0.3 is 14.4 Å². The summed E-state index contributed by atoms with van der Waals surface area (Å²) < 4.78 is 1.83. The smallest absolute Gasteiger partial charge is 0.295 e. The van der Waals surface area contributed by atoms with Crippen molar-refractivity contribution in [3.63, 3.8) is 0 Å². The fraction of sp³-hybridized carbons (Fsp3) is 0.560. The zero-order chi connectivity index (χ0) is 22.2. The molecule has 0 atom stereocenters. The largest absolute Gasteiger partial charge is 0.341 e. The highest BCUT2D eigenvalue weighted by Crippen LogP contribution is 2.23. The number of fused-ring (bicyclic) bond motifs is 1. The first-order valence-electron chi connectivity index (χ1n) is 11.8. The molecule has 6 nitrogen and oxygen atoms in total. The molecule has 0 unspecified atom stereocenters. The first-order chi connectivity index (χ1) is 15.1. The third-order valence-electron chi connectivity index (χ3n) is 6.09. The lowest BCUT2D eigenvalue weighted by atomic mass is 10.1. The predicted octanol–water partition coefficient (Wildman–Crippen LogP) is 4.27. The Hall–Kier alpha value is -2.63. The zero-order valence-electron chi connectivity index (χ0n) is 18.9. The second-order valence-electron chi connectivity index (χ2n) is 8.46. The van der Waals surface area contributed by atoms with E-state index in [1.54, 1.807) is 11.1 Å². The van der Waals surface area contributed by atoms with E-state index < -0.39 is 11.7 Å². The molecular formula is C25H35N3O3. The highest BCUT2D eigenvalue weighted by atomic mass is 16.2. The van der Waals surface area contributed by atoms with Crippen LogP contribution in [0.25, 0.3) is 10.9 Å². The van der Waals surface area contributed by atoms with Gasteiger partial charge in [-0.05, 0) is 38.2 Å². The molecule has 168 valence electrons. The number of amides is 2. The average molecular weight is 426 g/mol. The summed E-state index contributed by atoms with van der Waals surface area (Å²) in [5.41, 5.74) is 1.21. The van der Waals surface area contributed by atoms with Crippen molar-refractivity contribution in [2.45, 2.75) is 65.3 Å². The minimum atomic E-state index is -0.479. The summed E-state index contributed by atoms with van der Waals surface area (Å²) in [6.45, 7) is 7.16. The van der Waals surface area contributed by atoms with Gasteiger partial charge in [-0.25, -0.2) is 0 Å². The Labute approximate surface area is 185 Å². The van der Waals surface area contributed by atoms with Crippen LogP contribution in [-0.4, -0.2) is 58.1 Å². The number of Topliss-reactive ketones (excluding diaryl/α,β-unsaturated/α-hetero) is 1. The van der Waals surface area contributed by atoms with E-state index >= 15 is 0 Å². The predicted molar refractivity (Wildman–Crippen MR) is 123 cm³/mol. The summed E-state index contributed by atoms with van der Waals surface area (Å²) in [7, 11) is 0. The third kappa shape index (κ3) is 5.54. The van der Waals surface area contributed by atoms with E-state index in [-0.39, 0.29) is 12.5 Å². The first kappa shape index (κ1) is 23.0. The summed E-state index contributed by atoms with van der Waals surface area (Å²) in [6.07, 6.45) is 8.67. The maximum atomic E-state index is 13.2.